The van der Waals surface area contributed by atoms with Crippen LogP contribution in [0, 0.1) is 11.8 Å². The number of nitrogens with zero attached hydrogens (tertiary/aromatic N) is 2. The molecule has 0 atom stereocenters. The third-order valence-corrected chi connectivity index (χ3v) is 7.83. The van der Waals surface area contributed by atoms with Gasteiger partial charge in [-0.15, -0.1) is 0 Å². The molecule has 0 saturated heterocycles. The molecule has 2 fully saturated rings. The molecule has 2 saturated carbocycles. The summed E-state index contributed by atoms with van der Waals surface area (Å²) in [6.07, 6.45) is 9.71. The van der Waals surface area contributed by atoms with Gasteiger partial charge in [0.15, 0.2) is 0 Å². The molecule has 42 heavy (non-hydrogen) atoms. The summed E-state index contributed by atoms with van der Waals surface area (Å²) in [6, 6.07) is 13.6. The second-order valence-corrected chi connectivity index (χ2v) is 10.8. The number of carboxylic acids is 2. The number of carboxylic acid groups (broad SMARTS) is 2. The predicted octanol–water partition coefficient (Wildman–Crippen LogP) is -3.84. The minimum atomic E-state index is -1.16. The minimum absolute atomic E-state index is 0. The molecule has 8 nitrogen and oxygen atoms in total. The molecule has 0 N–H and O–H groups in total. The second kappa shape index (κ2) is 14.9. The maximum Gasteiger partial charge on any atom is 1.00 e. The van der Waals surface area contributed by atoms with Crippen molar-refractivity contribution in [1.82, 2.24) is 9.80 Å². The number of benzene rings is 2. The van der Waals surface area contributed by atoms with Crippen LogP contribution in [0.5, 0.6) is 0 Å². The van der Waals surface area contributed by atoms with Crippen LogP contribution in [0.4, 0.5) is 0 Å². The SMILES string of the molecule is O=C([O-])c1cccc(C2=CCN(C(=O)C3CC3)CC2)c1.O=C([O-])c1cccc(C2=CCN(C(=O)C3CC3)CC2)c1.[Li+].[Li+]. The average molecular weight is 554 g/mol. The molecule has 2 aromatic rings. The number of rotatable bonds is 6. The Hall–Kier alpha value is -3.01. The topological polar surface area (TPSA) is 121 Å². The van der Waals surface area contributed by atoms with Crippen LogP contribution in [-0.2, 0) is 9.59 Å². The number of aromatic carboxylic acids is 2. The molecule has 2 aliphatic carbocycles. The molecule has 4 aliphatic rings. The third-order valence-electron chi connectivity index (χ3n) is 7.83. The standard InChI is InChI=1S/2C16H17NO3.2Li/c2*18-15(12-4-5-12)17-8-6-11(7-9-17)13-2-1-3-14(10-13)16(19)20;;/h2*1-3,6,10,12H,4-5,7-9H2,(H,19,20);;/q;;2*+1/p-2. The van der Waals surface area contributed by atoms with Crippen LogP contribution < -0.4 is 47.9 Å². The van der Waals surface area contributed by atoms with Gasteiger partial charge in [0.05, 0.1) is 11.9 Å². The smallest absolute Gasteiger partial charge is 0.545 e. The number of amides is 2. The van der Waals surface area contributed by atoms with Crippen molar-refractivity contribution >= 4 is 34.9 Å². The largest absolute Gasteiger partial charge is 1.00 e. The number of hydrogen-bond acceptors (Lipinski definition) is 6. The summed E-state index contributed by atoms with van der Waals surface area (Å²) in [5.41, 5.74) is 4.41. The van der Waals surface area contributed by atoms with Crippen molar-refractivity contribution in [1.29, 1.82) is 0 Å². The van der Waals surface area contributed by atoms with Crippen LogP contribution >= 0.6 is 0 Å². The molecule has 208 valence electrons. The van der Waals surface area contributed by atoms with Gasteiger partial charge in [0, 0.05) is 38.0 Å². The fourth-order valence-corrected chi connectivity index (χ4v) is 5.13. The van der Waals surface area contributed by atoms with Crippen molar-refractivity contribution in [2.45, 2.75) is 38.5 Å². The van der Waals surface area contributed by atoms with Crippen molar-refractivity contribution in [3.05, 3.63) is 82.9 Å². The van der Waals surface area contributed by atoms with E-state index >= 15 is 0 Å². The first-order chi connectivity index (χ1) is 19.3. The van der Waals surface area contributed by atoms with Crippen LogP contribution in [0.3, 0.4) is 0 Å². The Bertz CT molecular complexity index is 1290. The first kappa shape index (κ1) is 33.5. The van der Waals surface area contributed by atoms with Gasteiger partial charge in [-0.1, -0.05) is 48.6 Å². The quantitative estimate of drug-likeness (QED) is 0.338. The summed E-state index contributed by atoms with van der Waals surface area (Å²) < 4.78 is 0. The first-order valence-corrected chi connectivity index (χ1v) is 13.9. The van der Waals surface area contributed by atoms with Crippen molar-refractivity contribution in [2.24, 2.45) is 11.8 Å². The Labute approximate surface area is 270 Å². The molecule has 2 aromatic carbocycles. The molecule has 0 unspecified atom stereocenters. The fourth-order valence-electron chi connectivity index (χ4n) is 5.13. The van der Waals surface area contributed by atoms with E-state index in [4.69, 9.17) is 0 Å². The van der Waals surface area contributed by atoms with E-state index in [2.05, 4.69) is 0 Å². The van der Waals surface area contributed by atoms with E-state index in [0.717, 1.165) is 73.9 Å². The van der Waals surface area contributed by atoms with E-state index < -0.39 is 11.9 Å². The summed E-state index contributed by atoms with van der Waals surface area (Å²) in [7, 11) is 0. The Balaban J connectivity index is 0.000000220. The monoisotopic (exact) mass is 554 g/mol. The minimum Gasteiger partial charge on any atom is -0.545 e. The van der Waals surface area contributed by atoms with E-state index in [1.54, 1.807) is 24.3 Å². The zero-order valence-corrected chi connectivity index (χ0v) is 24.3. The number of hydrogen-bond donors (Lipinski definition) is 0. The third kappa shape index (κ3) is 8.52. The molecule has 6 rings (SSSR count). The summed E-state index contributed by atoms with van der Waals surface area (Å²) >= 11 is 0. The molecule has 0 spiro atoms. The van der Waals surface area contributed by atoms with Crippen molar-refractivity contribution in [3.63, 3.8) is 0 Å². The maximum absolute atomic E-state index is 12.0. The fraction of sp³-hybridized carbons (Fsp3) is 0.375. The molecule has 0 aromatic heterocycles. The maximum atomic E-state index is 12.0. The summed E-state index contributed by atoms with van der Waals surface area (Å²) in [5.74, 6) is -1.27. The van der Waals surface area contributed by atoms with E-state index in [9.17, 15) is 29.4 Å². The van der Waals surface area contributed by atoms with Crippen LogP contribution in [0.25, 0.3) is 11.1 Å². The normalized spacial score (nSPS) is 17.7. The molecule has 10 heteroatoms. The Morgan fingerprint density at radius 2 is 1.00 bits per heavy atom. The summed E-state index contributed by atoms with van der Waals surface area (Å²) in [4.78, 5) is 49.5. The Morgan fingerprint density at radius 1 is 0.619 bits per heavy atom. The number of carbonyl (C=O) groups is 4. The zero-order chi connectivity index (χ0) is 28.2. The van der Waals surface area contributed by atoms with E-state index in [1.807, 2.05) is 34.1 Å². The second-order valence-electron chi connectivity index (χ2n) is 10.8. The Kier molecular flexibility index (Phi) is 11.9. The molecule has 2 heterocycles. The molecular weight excluding hydrogens is 522 g/mol. The van der Waals surface area contributed by atoms with Gasteiger partial charge in [-0.25, -0.2) is 0 Å². The van der Waals surface area contributed by atoms with Crippen LogP contribution in [0.15, 0.2) is 60.7 Å². The van der Waals surface area contributed by atoms with E-state index in [0.29, 0.717) is 13.1 Å². The van der Waals surface area contributed by atoms with Gasteiger partial charge in [-0.2, -0.15) is 0 Å². The van der Waals surface area contributed by atoms with Crippen LogP contribution in [0.2, 0.25) is 0 Å². The molecule has 0 radical (unpaired) electrons. The van der Waals surface area contributed by atoms with Gasteiger partial charge >= 0.3 is 37.7 Å². The first-order valence-electron chi connectivity index (χ1n) is 13.9. The van der Waals surface area contributed by atoms with Crippen LogP contribution in [0.1, 0.15) is 70.4 Å². The molecular formula is C32H32Li2N2O6. The van der Waals surface area contributed by atoms with Gasteiger partial charge in [0.25, 0.3) is 0 Å². The zero-order valence-electron chi connectivity index (χ0n) is 24.3. The number of carbonyl (C=O) groups excluding carboxylic acids is 4. The van der Waals surface area contributed by atoms with E-state index in [-0.39, 0.29) is 72.5 Å². The van der Waals surface area contributed by atoms with Gasteiger partial charge in [0.1, 0.15) is 0 Å². The summed E-state index contributed by atoms with van der Waals surface area (Å²) in [5, 5.41) is 21.8. The molecule has 2 amide bonds. The van der Waals surface area contributed by atoms with Crippen molar-refractivity contribution in [2.75, 3.05) is 26.2 Å². The van der Waals surface area contributed by atoms with Gasteiger partial charge < -0.3 is 29.6 Å². The van der Waals surface area contributed by atoms with Gasteiger partial charge in [0.2, 0.25) is 11.8 Å². The van der Waals surface area contributed by atoms with Crippen molar-refractivity contribution < 1.29 is 67.1 Å². The Morgan fingerprint density at radius 3 is 1.29 bits per heavy atom. The van der Waals surface area contributed by atoms with Gasteiger partial charge in [-0.3, -0.25) is 9.59 Å². The van der Waals surface area contributed by atoms with Crippen LogP contribution in [-0.4, -0.2) is 59.7 Å². The summed E-state index contributed by atoms with van der Waals surface area (Å²) in [6.45, 7) is 2.69. The predicted molar refractivity (Wildman–Crippen MR) is 145 cm³/mol. The average Bonchev–Trinajstić information content (AvgIpc) is 3.91. The van der Waals surface area contributed by atoms with E-state index in [1.165, 1.54) is 12.1 Å². The van der Waals surface area contributed by atoms with Crippen molar-refractivity contribution in [3.8, 4) is 0 Å². The van der Waals surface area contributed by atoms with Gasteiger partial charge in [-0.05, 0) is 84.1 Å². The molecule has 2 aliphatic heterocycles. The molecule has 0 bridgehead atoms.